The Bertz CT molecular complexity index is 457. The van der Waals surface area contributed by atoms with Crippen LogP contribution in [0.2, 0.25) is 0 Å². The van der Waals surface area contributed by atoms with Gasteiger partial charge in [0.2, 0.25) is 0 Å². The standard InChI is InChI=1S/C13H15F2NO3/c1-3-16(8-11(17)19-4-2)13(18)12-9(14)6-5-7-10(12)15/h5-7H,3-4,8H2,1-2H3. The number of halogens is 2. The summed E-state index contributed by atoms with van der Waals surface area (Å²) in [6.45, 7) is 3.23. The van der Waals surface area contributed by atoms with Crippen LogP contribution in [0.5, 0.6) is 0 Å². The molecular formula is C13H15F2NO3. The average Bonchev–Trinajstić information content (AvgIpc) is 2.35. The molecule has 0 aromatic heterocycles. The van der Waals surface area contributed by atoms with Crippen LogP contribution >= 0.6 is 0 Å². The fraction of sp³-hybridized carbons (Fsp3) is 0.385. The molecule has 0 aliphatic carbocycles. The third kappa shape index (κ3) is 3.74. The minimum absolute atomic E-state index is 0.144. The maximum absolute atomic E-state index is 13.5. The van der Waals surface area contributed by atoms with E-state index in [2.05, 4.69) is 0 Å². The molecule has 0 aliphatic heterocycles. The summed E-state index contributed by atoms with van der Waals surface area (Å²) >= 11 is 0. The van der Waals surface area contributed by atoms with Crippen LogP contribution in [0.1, 0.15) is 24.2 Å². The van der Waals surface area contributed by atoms with E-state index in [1.54, 1.807) is 13.8 Å². The molecule has 0 N–H and O–H groups in total. The quantitative estimate of drug-likeness (QED) is 0.769. The summed E-state index contributed by atoms with van der Waals surface area (Å²) in [5.74, 6) is -3.39. The zero-order valence-electron chi connectivity index (χ0n) is 10.8. The van der Waals surface area contributed by atoms with Gasteiger partial charge in [0.15, 0.2) is 0 Å². The highest BCUT2D eigenvalue weighted by molar-refractivity contribution is 5.96. The molecule has 0 spiro atoms. The van der Waals surface area contributed by atoms with Crippen molar-refractivity contribution in [1.82, 2.24) is 4.90 Å². The molecule has 0 radical (unpaired) electrons. The van der Waals surface area contributed by atoms with Gasteiger partial charge < -0.3 is 9.64 Å². The van der Waals surface area contributed by atoms with E-state index in [4.69, 9.17) is 4.74 Å². The van der Waals surface area contributed by atoms with Gasteiger partial charge in [0.05, 0.1) is 6.61 Å². The van der Waals surface area contributed by atoms with Gasteiger partial charge in [-0.15, -0.1) is 0 Å². The summed E-state index contributed by atoms with van der Waals surface area (Å²) in [7, 11) is 0. The fourth-order valence-electron chi connectivity index (χ4n) is 1.55. The minimum Gasteiger partial charge on any atom is -0.465 e. The Kier molecular flexibility index (Phi) is 5.41. The highest BCUT2D eigenvalue weighted by atomic mass is 19.1. The number of rotatable bonds is 5. The number of nitrogens with zero attached hydrogens (tertiary/aromatic N) is 1. The predicted octanol–water partition coefficient (Wildman–Crippen LogP) is 1.99. The Hall–Kier alpha value is -1.98. The van der Waals surface area contributed by atoms with E-state index in [9.17, 15) is 18.4 Å². The number of carbonyl (C=O) groups excluding carboxylic acids is 2. The molecule has 4 nitrogen and oxygen atoms in total. The monoisotopic (exact) mass is 271 g/mol. The number of hydrogen-bond donors (Lipinski definition) is 0. The first-order valence-corrected chi connectivity index (χ1v) is 5.90. The third-order valence-electron chi connectivity index (χ3n) is 2.47. The van der Waals surface area contributed by atoms with Crippen LogP contribution in [0.3, 0.4) is 0 Å². The van der Waals surface area contributed by atoms with Crippen LogP contribution in [0.4, 0.5) is 8.78 Å². The Balaban J connectivity index is 2.93. The van der Waals surface area contributed by atoms with E-state index >= 15 is 0 Å². The molecule has 0 aliphatic rings. The zero-order chi connectivity index (χ0) is 14.4. The van der Waals surface area contributed by atoms with Crippen molar-refractivity contribution in [2.24, 2.45) is 0 Å². The molecule has 0 atom stereocenters. The van der Waals surface area contributed by atoms with Crippen molar-refractivity contribution in [2.75, 3.05) is 19.7 Å². The zero-order valence-corrected chi connectivity index (χ0v) is 10.8. The summed E-state index contributed by atoms with van der Waals surface area (Å²) in [6, 6.07) is 3.16. The van der Waals surface area contributed by atoms with Crippen molar-refractivity contribution in [1.29, 1.82) is 0 Å². The normalized spacial score (nSPS) is 10.1. The minimum atomic E-state index is -0.952. The summed E-state index contributed by atoms with van der Waals surface area (Å²) in [4.78, 5) is 24.3. The van der Waals surface area contributed by atoms with E-state index in [1.165, 1.54) is 6.07 Å². The van der Waals surface area contributed by atoms with E-state index in [-0.39, 0.29) is 19.7 Å². The van der Waals surface area contributed by atoms with Crippen molar-refractivity contribution in [2.45, 2.75) is 13.8 Å². The largest absolute Gasteiger partial charge is 0.465 e. The smallest absolute Gasteiger partial charge is 0.325 e. The first-order chi connectivity index (χ1) is 9.01. The Morgan fingerprint density at radius 3 is 2.26 bits per heavy atom. The Morgan fingerprint density at radius 2 is 1.79 bits per heavy atom. The molecule has 104 valence electrons. The number of esters is 1. The fourth-order valence-corrected chi connectivity index (χ4v) is 1.55. The second-order valence-corrected chi connectivity index (χ2v) is 3.72. The highest BCUT2D eigenvalue weighted by Crippen LogP contribution is 2.14. The van der Waals surface area contributed by atoms with Crippen molar-refractivity contribution >= 4 is 11.9 Å². The van der Waals surface area contributed by atoms with Crippen LogP contribution < -0.4 is 0 Å². The first kappa shape index (κ1) is 15.1. The van der Waals surface area contributed by atoms with Gasteiger partial charge in [0, 0.05) is 6.54 Å². The number of amides is 1. The predicted molar refractivity (Wildman–Crippen MR) is 64.6 cm³/mol. The maximum atomic E-state index is 13.5. The maximum Gasteiger partial charge on any atom is 0.325 e. The molecule has 1 rings (SSSR count). The van der Waals surface area contributed by atoms with Gasteiger partial charge in [0.1, 0.15) is 23.7 Å². The second kappa shape index (κ2) is 6.82. The first-order valence-electron chi connectivity index (χ1n) is 5.90. The van der Waals surface area contributed by atoms with Gasteiger partial charge >= 0.3 is 5.97 Å². The van der Waals surface area contributed by atoms with Crippen LogP contribution in [0, 0.1) is 11.6 Å². The molecule has 0 saturated carbocycles. The summed E-state index contributed by atoms with van der Waals surface area (Å²) in [6.07, 6.45) is 0. The number of likely N-dealkylation sites (N-methyl/N-ethyl adjacent to an activating group) is 1. The topological polar surface area (TPSA) is 46.6 Å². The van der Waals surface area contributed by atoms with E-state index in [1.807, 2.05) is 0 Å². The van der Waals surface area contributed by atoms with Crippen LogP contribution in [0.25, 0.3) is 0 Å². The summed E-state index contributed by atoms with van der Waals surface area (Å²) < 4.78 is 31.7. The molecule has 1 aromatic carbocycles. The SMILES string of the molecule is CCOC(=O)CN(CC)C(=O)c1c(F)cccc1F. The molecule has 0 fully saturated rings. The van der Waals surface area contributed by atoms with Gasteiger partial charge in [-0.3, -0.25) is 9.59 Å². The van der Waals surface area contributed by atoms with Crippen molar-refractivity contribution < 1.29 is 23.1 Å². The van der Waals surface area contributed by atoms with Crippen LogP contribution in [-0.4, -0.2) is 36.5 Å². The molecule has 1 amide bonds. The number of benzene rings is 1. The molecular weight excluding hydrogens is 256 g/mol. The van der Waals surface area contributed by atoms with Gasteiger partial charge in [0.25, 0.3) is 5.91 Å². The average molecular weight is 271 g/mol. The lowest BCUT2D eigenvalue weighted by Gasteiger charge is -2.20. The molecule has 0 unspecified atom stereocenters. The Labute approximate surface area is 110 Å². The molecule has 1 aromatic rings. The molecule has 0 bridgehead atoms. The van der Waals surface area contributed by atoms with Crippen molar-refractivity contribution in [3.8, 4) is 0 Å². The number of ether oxygens (including phenoxy) is 1. The van der Waals surface area contributed by atoms with E-state index in [0.29, 0.717) is 0 Å². The third-order valence-corrected chi connectivity index (χ3v) is 2.47. The second-order valence-electron chi connectivity index (χ2n) is 3.72. The Morgan fingerprint density at radius 1 is 1.21 bits per heavy atom. The lowest BCUT2D eigenvalue weighted by Crippen LogP contribution is -2.37. The van der Waals surface area contributed by atoms with Crippen LogP contribution in [-0.2, 0) is 9.53 Å². The molecule has 6 heteroatoms. The summed E-state index contributed by atoms with van der Waals surface area (Å²) in [5, 5.41) is 0. The molecule has 0 heterocycles. The number of carbonyl (C=O) groups is 2. The van der Waals surface area contributed by atoms with Gasteiger partial charge in [-0.25, -0.2) is 8.78 Å². The van der Waals surface area contributed by atoms with E-state index in [0.717, 1.165) is 17.0 Å². The lowest BCUT2D eigenvalue weighted by atomic mass is 10.1. The van der Waals surface area contributed by atoms with Crippen molar-refractivity contribution in [3.05, 3.63) is 35.4 Å². The molecule has 0 saturated heterocycles. The summed E-state index contributed by atoms with van der Waals surface area (Å²) in [5.41, 5.74) is -0.659. The van der Waals surface area contributed by atoms with Crippen molar-refractivity contribution in [3.63, 3.8) is 0 Å². The van der Waals surface area contributed by atoms with Gasteiger partial charge in [-0.05, 0) is 26.0 Å². The number of hydrogen-bond acceptors (Lipinski definition) is 3. The highest BCUT2D eigenvalue weighted by Gasteiger charge is 2.23. The van der Waals surface area contributed by atoms with E-state index < -0.39 is 29.1 Å². The van der Waals surface area contributed by atoms with Crippen LogP contribution in [0.15, 0.2) is 18.2 Å². The van der Waals surface area contributed by atoms with Gasteiger partial charge in [-0.2, -0.15) is 0 Å². The van der Waals surface area contributed by atoms with Gasteiger partial charge in [-0.1, -0.05) is 6.07 Å². The molecule has 19 heavy (non-hydrogen) atoms. The lowest BCUT2D eigenvalue weighted by molar-refractivity contribution is -0.143.